The summed E-state index contributed by atoms with van der Waals surface area (Å²) in [6.07, 6.45) is -0.412. The molecule has 0 fully saturated rings. The first-order valence-corrected chi connectivity index (χ1v) is 11.6. The number of alkyl carbamates (subject to hydrolysis) is 1. The van der Waals surface area contributed by atoms with Gasteiger partial charge in [-0.1, -0.05) is 48.5 Å². The van der Waals surface area contributed by atoms with Crippen molar-refractivity contribution in [3.05, 3.63) is 59.7 Å². The molecule has 3 rings (SSSR count). The summed E-state index contributed by atoms with van der Waals surface area (Å²) in [5, 5.41) is 11.9. The van der Waals surface area contributed by atoms with Crippen molar-refractivity contribution in [3.63, 3.8) is 0 Å². The highest BCUT2D eigenvalue weighted by molar-refractivity contribution is 5.88. The van der Waals surface area contributed by atoms with Gasteiger partial charge >= 0.3 is 12.1 Å². The number of nitrogens with zero attached hydrogens (tertiary/aromatic N) is 2. The van der Waals surface area contributed by atoms with Crippen molar-refractivity contribution in [3.8, 4) is 11.1 Å². The fourth-order valence-electron chi connectivity index (χ4n) is 4.28. The molecule has 1 unspecified atom stereocenters. The van der Waals surface area contributed by atoms with Gasteiger partial charge in [-0.05, 0) is 49.3 Å². The average Bonchev–Trinajstić information content (AvgIpc) is 3.16. The van der Waals surface area contributed by atoms with E-state index in [4.69, 9.17) is 9.47 Å². The lowest BCUT2D eigenvalue weighted by atomic mass is 9.98. The third-order valence-corrected chi connectivity index (χ3v) is 6.00. The Morgan fingerprint density at radius 2 is 1.60 bits per heavy atom. The van der Waals surface area contributed by atoms with E-state index in [1.54, 1.807) is 0 Å². The summed E-state index contributed by atoms with van der Waals surface area (Å²) in [5.41, 5.74) is 4.43. The molecule has 188 valence electrons. The maximum Gasteiger partial charge on any atom is 0.407 e. The van der Waals surface area contributed by atoms with Crippen molar-refractivity contribution in [2.24, 2.45) is 0 Å². The number of carbonyl (C=O) groups is 3. The lowest BCUT2D eigenvalue weighted by molar-refractivity contribution is -0.145. The van der Waals surface area contributed by atoms with Gasteiger partial charge in [0, 0.05) is 19.6 Å². The van der Waals surface area contributed by atoms with Gasteiger partial charge in [0.1, 0.15) is 19.2 Å². The van der Waals surface area contributed by atoms with E-state index >= 15 is 0 Å². The second-order valence-electron chi connectivity index (χ2n) is 8.76. The third-order valence-electron chi connectivity index (χ3n) is 6.00. The SMILES string of the molecule is COCCN(CC(=O)O)C(=O)C(CCN(C)C)NC(=O)OCC1c2ccccc2-c2ccccc21. The van der Waals surface area contributed by atoms with E-state index in [9.17, 15) is 19.5 Å². The summed E-state index contributed by atoms with van der Waals surface area (Å²) < 4.78 is 10.6. The van der Waals surface area contributed by atoms with Crippen molar-refractivity contribution in [2.45, 2.75) is 18.4 Å². The van der Waals surface area contributed by atoms with E-state index in [0.29, 0.717) is 13.0 Å². The number of hydrogen-bond donors (Lipinski definition) is 2. The van der Waals surface area contributed by atoms with Crippen molar-refractivity contribution < 1.29 is 29.0 Å². The molecule has 2 aromatic rings. The van der Waals surface area contributed by atoms with Gasteiger partial charge < -0.3 is 29.7 Å². The summed E-state index contributed by atoms with van der Waals surface area (Å²) >= 11 is 0. The Morgan fingerprint density at radius 3 is 2.14 bits per heavy atom. The Bertz CT molecular complexity index is 996. The predicted octanol–water partition coefficient (Wildman–Crippen LogP) is 2.41. The molecule has 1 aliphatic rings. The molecule has 0 aromatic heterocycles. The Morgan fingerprint density at radius 1 is 1.00 bits per heavy atom. The predicted molar refractivity (Wildman–Crippen MR) is 131 cm³/mol. The van der Waals surface area contributed by atoms with Crippen molar-refractivity contribution >= 4 is 18.0 Å². The molecule has 9 nitrogen and oxygen atoms in total. The minimum absolute atomic E-state index is 0.103. The number of carbonyl (C=O) groups excluding carboxylic acids is 2. The van der Waals surface area contributed by atoms with Crippen LogP contribution in [0.3, 0.4) is 0 Å². The topological polar surface area (TPSA) is 108 Å². The summed E-state index contributed by atoms with van der Waals surface area (Å²) in [7, 11) is 5.19. The average molecular weight is 484 g/mol. The summed E-state index contributed by atoms with van der Waals surface area (Å²) in [6, 6.07) is 15.1. The zero-order valence-corrected chi connectivity index (χ0v) is 20.4. The molecule has 0 spiro atoms. The standard InChI is InChI=1S/C26H33N3O6/c1-28(2)13-12-23(25(32)29(14-15-34-3)16-24(30)31)27-26(33)35-17-22-20-10-6-4-8-18(20)19-9-5-7-11-21(19)22/h4-11,22-23H,12-17H2,1-3H3,(H,27,33)(H,30,31). The van der Waals surface area contributed by atoms with Crippen LogP contribution >= 0.6 is 0 Å². The van der Waals surface area contributed by atoms with Crippen molar-refractivity contribution in [1.29, 1.82) is 0 Å². The van der Waals surface area contributed by atoms with Crippen LogP contribution in [0.1, 0.15) is 23.5 Å². The fourth-order valence-corrected chi connectivity index (χ4v) is 4.28. The van der Waals surface area contributed by atoms with Crippen LogP contribution < -0.4 is 5.32 Å². The van der Waals surface area contributed by atoms with Gasteiger partial charge in [0.05, 0.1) is 6.61 Å². The first kappa shape index (κ1) is 26.2. The molecule has 1 atom stereocenters. The number of carboxylic acids is 1. The molecule has 0 aliphatic heterocycles. The van der Waals surface area contributed by atoms with Crippen LogP contribution in [0.5, 0.6) is 0 Å². The lowest BCUT2D eigenvalue weighted by Crippen LogP contribution is -2.51. The highest BCUT2D eigenvalue weighted by atomic mass is 16.5. The zero-order chi connectivity index (χ0) is 25.4. The Balaban J connectivity index is 1.70. The van der Waals surface area contributed by atoms with E-state index in [1.807, 2.05) is 55.4 Å². The molecule has 0 heterocycles. The highest BCUT2D eigenvalue weighted by Gasteiger charge is 2.31. The van der Waals surface area contributed by atoms with Crippen LogP contribution in [-0.2, 0) is 19.1 Å². The Labute approximate surface area is 205 Å². The number of hydrogen-bond acceptors (Lipinski definition) is 6. The van der Waals surface area contributed by atoms with E-state index < -0.39 is 30.6 Å². The summed E-state index contributed by atoms with van der Waals surface area (Å²) in [4.78, 5) is 40.3. The number of amides is 2. The molecule has 2 amide bonds. The molecule has 2 aromatic carbocycles. The van der Waals surface area contributed by atoms with E-state index in [0.717, 1.165) is 22.3 Å². The third kappa shape index (κ3) is 6.80. The zero-order valence-electron chi connectivity index (χ0n) is 20.4. The van der Waals surface area contributed by atoms with Crippen LogP contribution in [0.25, 0.3) is 11.1 Å². The van der Waals surface area contributed by atoms with Gasteiger partial charge in [-0.2, -0.15) is 0 Å². The molecule has 0 radical (unpaired) electrons. The maximum absolute atomic E-state index is 13.1. The quantitative estimate of drug-likeness (QED) is 0.477. The monoisotopic (exact) mass is 483 g/mol. The molecule has 35 heavy (non-hydrogen) atoms. The normalized spacial score (nSPS) is 13.1. The van der Waals surface area contributed by atoms with Gasteiger partial charge in [-0.3, -0.25) is 9.59 Å². The Kier molecular flexibility index (Phi) is 9.22. The summed E-state index contributed by atoms with van der Waals surface area (Å²) in [6.45, 7) is 0.450. The number of fused-ring (bicyclic) bond motifs is 3. The number of rotatable bonds is 12. The van der Waals surface area contributed by atoms with Crippen LogP contribution in [-0.4, -0.2) is 93.0 Å². The number of methoxy groups -OCH3 is 1. The number of benzene rings is 2. The van der Waals surface area contributed by atoms with Gasteiger partial charge in [0.2, 0.25) is 5.91 Å². The van der Waals surface area contributed by atoms with Crippen LogP contribution in [0.4, 0.5) is 4.79 Å². The molecule has 9 heteroatoms. The summed E-state index contributed by atoms with van der Waals surface area (Å²) in [5.74, 6) is -1.73. The molecule has 0 saturated heterocycles. The Hall–Kier alpha value is -3.43. The number of aliphatic carboxylic acids is 1. The molecule has 2 N–H and O–H groups in total. The second-order valence-corrected chi connectivity index (χ2v) is 8.76. The van der Waals surface area contributed by atoms with Gasteiger partial charge in [-0.15, -0.1) is 0 Å². The number of carboxylic acid groups (broad SMARTS) is 1. The number of nitrogens with one attached hydrogen (secondary N) is 1. The fraction of sp³-hybridized carbons (Fsp3) is 0.423. The highest BCUT2D eigenvalue weighted by Crippen LogP contribution is 2.44. The molecule has 0 bridgehead atoms. The second kappa shape index (κ2) is 12.3. The first-order chi connectivity index (χ1) is 16.8. The van der Waals surface area contributed by atoms with Crippen LogP contribution in [0.2, 0.25) is 0 Å². The molecule has 0 saturated carbocycles. The van der Waals surface area contributed by atoms with Gasteiger partial charge in [-0.25, -0.2) is 4.79 Å². The van der Waals surface area contributed by atoms with Crippen LogP contribution in [0, 0.1) is 0 Å². The molecule has 1 aliphatic carbocycles. The molecular weight excluding hydrogens is 450 g/mol. The lowest BCUT2D eigenvalue weighted by Gasteiger charge is -2.27. The van der Waals surface area contributed by atoms with Crippen molar-refractivity contribution in [2.75, 3.05) is 54.1 Å². The largest absolute Gasteiger partial charge is 0.480 e. The van der Waals surface area contributed by atoms with Gasteiger partial charge in [0.15, 0.2) is 0 Å². The van der Waals surface area contributed by atoms with E-state index in [1.165, 1.54) is 12.0 Å². The number of ether oxygens (including phenoxy) is 2. The maximum atomic E-state index is 13.1. The minimum atomic E-state index is -1.14. The van der Waals surface area contributed by atoms with Crippen LogP contribution in [0.15, 0.2) is 48.5 Å². The molecular formula is C26H33N3O6. The van der Waals surface area contributed by atoms with Crippen molar-refractivity contribution in [1.82, 2.24) is 15.1 Å². The first-order valence-electron chi connectivity index (χ1n) is 11.6. The smallest absolute Gasteiger partial charge is 0.407 e. The van der Waals surface area contributed by atoms with Gasteiger partial charge in [0.25, 0.3) is 0 Å². The minimum Gasteiger partial charge on any atom is -0.480 e. The van der Waals surface area contributed by atoms with E-state index in [-0.39, 0.29) is 25.7 Å². The van der Waals surface area contributed by atoms with E-state index in [2.05, 4.69) is 17.4 Å².